The van der Waals surface area contributed by atoms with E-state index in [0.29, 0.717) is 17.8 Å². The van der Waals surface area contributed by atoms with E-state index >= 15 is 0 Å². The number of rotatable bonds is 4. The quantitative estimate of drug-likeness (QED) is 0.728. The Kier molecular flexibility index (Phi) is 4.05. The van der Waals surface area contributed by atoms with Crippen LogP contribution in [0, 0.1) is 0 Å². The molecular formula is C10H16N4O. The van der Waals surface area contributed by atoms with Crippen LogP contribution in [0.4, 0.5) is 5.69 Å². The van der Waals surface area contributed by atoms with Crippen molar-refractivity contribution in [3.05, 3.63) is 24.0 Å². The maximum Gasteiger partial charge on any atom is 0.253 e. The smallest absolute Gasteiger partial charge is 0.253 e. The van der Waals surface area contributed by atoms with Gasteiger partial charge in [-0.25, -0.2) is 0 Å². The van der Waals surface area contributed by atoms with Crippen LogP contribution in [0.3, 0.4) is 0 Å². The molecule has 82 valence electrons. The molecule has 0 bridgehead atoms. The normalized spacial score (nSPS) is 10.3. The van der Waals surface area contributed by atoms with E-state index in [2.05, 4.69) is 10.3 Å². The molecule has 1 aromatic rings. The first-order valence-corrected chi connectivity index (χ1v) is 4.73. The van der Waals surface area contributed by atoms with Gasteiger partial charge in [-0.1, -0.05) is 0 Å². The van der Waals surface area contributed by atoms with Crippen molar-refractivity contribution in [1.82, 2.24) is 15.2 Å². The van der Waals surface area contributed by atoms with Gasteiger partial charge >= 0.3 is 0 Å². The summed E-state index contributed by atoms with van der Waals surface area (Å²) in [6.45, 7) is 1.41. The maximum atomic E-state index is 11.6. The molecule has 15 heavy (non-hydrogen) atoms. The Hall–Kier alpha value is -1.62. The van der Waals surface area contributed by atoms with Crippen LogP contribution in [0.5, 0.6) is 0 Å². The minimum Gasteiger partial charge on any atom is -0.397 e. The Morgan fingerprint density at radius 2 is 2.33 bits per heavy atom. The summed E-state index contributed by atoms with van der Waals surface area (Å²) in [6, 6.07) is 1.61. The summed E-state index contributed by atoms with van der Waals surface area (Å²) < 4.78 is 0. The molecule has 0 saturated heterocycles. The third kappa shape index (κ3) is 3.55. The van der Waals surface area contributed by atoms with Gasteiger partial charge in [0.25, 0.3) is 5.91 Å². The molecular weight excluding hydrogens is 192 g/mol. The summed E-state index contributed by atoms with van der Waals surface area (Å²) in [4.78, 5) is 17.4. The average Bonchev–Trinajstić information content (AvgIpc) is 2.17. The SMILES string of the molecule is CN(C)CCNC(=O)c1ccncc1N. The number of likely N-dealkylation sites (N-methyl/N-ethyl adjacent to an activating group) is 1. The highest BCUT2D eigenvalue weighted by atomic mass is 16.1. The van der Waals surface area contributed by atoms with Gasteiger partial charge in [0.15, 0.2) is 0 Å². The second-order valence-electron chi connectivity index (χ2n) is 3.52. The van der Waals surface area contributed by atoms with E-state index in [0.717, 1.165) is 6.54 Å². The minimum absolute atomic E-state index is 0.156. The summed E-state index contributed by atoms with van der Waals surface area (Å²) in [5, 5.41) is 2.78. The van der Waals surface area contributed by atoms with E-state index in [9.17, 15) is 4.79 Å². The maximum absolute atomic E-state index is 11.6. The summed E-state index contributed by atoms with van der Waals surface area (Å²) in [6.07, 6.45) is 3.03. The molecule has 0 unspecified atom stereocenters. The summed E-state index contributed by atoms with van der Waals surface area (Å²) >= 11 is 0. The van der Waals surface area contributed by atoms with Crippen molar-refractivity contribution in [3.63, 3.8) is 0 Å². The zero-order valence-corrected chi connectivity index (χ0v) is 9.03. The molecule has 0 aromatic carbocycles. The highest BCUT2D eigenvalue weighted by Crippen LogP contribution is 2.07. The van der Waals surface area contributed by atoms with Crippen LogP contribution in [0.25, 0.3) is 0 Å². The molecule has 1 aromatic heterocycles. The number of hydrogen-bond donors (Lipinski definition) is 2. The number of aromatic nitrogens is 1. The predicted molar refractivity (Wildman–Crippen MR) is 59.5 cm³/mol. The number of hydrogen-bond acceptors (Lipinski definition) is 4. The first kappa shape index (κ1) is 11.5. The molecule has 0 spiro atoms. The zero-order valence-electron chi connectivity index (χ0n) is 9.03. The molecule has 5 nitrogen and oxygen atoms in total. The molecule has 0 aliphatic rings. The number of nitrogens with two attached hydrogens (primary N) is 1. The number of pyridine rings is 1. The van der Waals surface area contributed by atoms with Crippen molar-refractivity contribution in [2.75, 3.05) is 32.9 Å². The number of nitrogens with one attached hydrogen (secondary N) is 1. The van der Waals surface area contributed by atoms with Gasteiger partial charge in [-0.3, -0.25) is 9.78 Å². The Bertz CT molecular complexity index is 338. The number of nitrogen functional groups attached to an aromatic ring is 1. The lowest BCUT2D eigenvalue weighted by Crippen LogP contribution is -2.31. The van der Waals surface area contributed by atoms with Crippen molar-refractivity contribution in [3.8, 4) is 0 Å². The van der Waals surface area contributed by atoms with Gasteiger partial charge in [0.05, 0.1) is 17.4 Å². The van der Waals surface area contributed by atoms with Gasteiger partial charge in [0.2, 0.25) is 0 Å². The summed E-state index contributed by atoms with van der Waals surface area (Å²) in [7, 11) is 3.90. The van der Waals surface area contributed by atoms with Crippen molar-refractivity contribution in [2.24, 2.45) is 0 Å². The molecule has 0 radical (unpaired) electrons. The molecule has 3 N–H and O–H groups in total. The molecule has 1 amide bonds. The number of amides is 1. The standard InChI is InChI=1S/C10H16N4O/c1-14(2)6-5-13-10(15)8-3-4-12-7-9(8)11/h3-4,7H,5-6,11H2,1-2H3,(H,13,15). The second kappa shape index (κ2) is 5.31. The molecule has 1 heterocycles. The Morgan fingerprint density at radius 3 is 2.93 bits per heavy atom. The average molecular weight is 208 g/mol. The van der Waals surface area contributed by atoms with Crippen LogP contribution in [-0.2, 0) is 0 Å². The van der Waals surface area contributed by atoms with E-state index < -0.39 is 0 Å². The van der Waals surface area contributed by atoms with Crippen LogP contribution in [0.15, 0.2) is 18.5 Å². The van der Waals surface area contributed by atoms with E-state index in [1.807, 2.05) is 19.0 Å². The van der Waals surface area contributed by atoms with E-state index in [4.69, 9.17) is 5.73 Å². The third-order valence-electron chi connectivity index (χ3n) is 1.94. The predicted octanol–water partition coefficient (Wildman–Crippen LogP) is -0.0448. The van der Waals surface area contributed by atoms with Gasteiger partial charge in [-0.2, -0.15) is 0 Å². The molecule has 0 aliphatic heterocycles. The minimum atomic E-state index is -0.156. The summed E-state index contributed by atoms with van der Waals surface area (Å²) in [5.74, 6) is -0.156. The molecule has 0 saturated carbocycles. The van der Waals surface area contributed by atoms with Gasteiger partial charge in [-0.15, -0.1) is 0 Å². The molecule has 5 heteroatoms. The highest BCUT2D eigenvalue weighted by Gasteiger charge is 2.07. The van der Waals surface area contributed by atoms with Crippen LogP contribution in [0.2, 0.25) is 0 Å². The van der Waals surface area contributed by atoms with Crippen molar-refractivity contribution >= 4 is 11.6 Å². The third-order valence-corrected chi connectivity index (χ3v) is 1.94. The first-order valence-electron chi connectivity index (χ1n) is 4.73. The number of carbonyl (C=O) groups excluding carboxylic acids is 1. The highest BCUT2D eigenvalue weighted by molar-refractivity contribution is 5.98. The fraction of sp³-hybridized carbons (Fsp3) is 0.400. The number of nitrogens with zero attached hydrogens (tertiary/aromatic N) is 2. The topological polar surface area (TPSA) is 71.2 Å². The molecule has 0 aliphatic carbocycles. The van der Waals surface area contributed by atoms with Crippen LogP contribution in [0.1, 0.15) is 10.4 Å². The van der Waals surface area contributed by atoms with Crippen molar-refractivity contribution in [2.45, 2.75) is 0 Å². The van der Waals surface area contributed by atoms with Crippen molar-refractivity contribution < 1.29 is 4.79 Å². The van der Waals surface area contributed by atoms with E-state index in [1.54, 1.807) is 12.3 Å². The lowest BCUT2D eigenvalue weighted by molar-refractivity contribution is 0.0952. The second-order valence-corrected chi connectivity index (χ2v) is 3.52. The largest absolute Gasteiger partial charge is 0.397 e. The van der Waals surface area contributed by atoms with Crippen LogP contribution >= 0.6 is 0 Å². The first-order chi connectivity index (χ1) is 7.11. The number of anilines is 1. The Labute approximate surface area is 89.3 Å². The van der Waals surface area contributed by atoms with Gasteiger partial charge < -0.3 is 16.0 Å². The van der Waals surface area contributed by atoms with Crippen molar-refractivity contribution in [1.29, 1.82) is 0 Å². The number of carbonyl (C=O) groups is 1. The Morgan fingerprint density at radius 1 is 1.60 bits per heavy atom. The molecule has 0 fully saturated rings. The monoisotopic (exact) mass is 208 g/mol. The van der Waals surface area contributed by atoms with Gasteiger partial charge in [0, 0.05) is 19.3 Å². The fourth-order valence-corrected chi connectivity index (χ4v) is 1.10. The van der Waals surface area contributed by atoms with Gasteiger partial charge in [-0.05, 0) is 20.2 Å². The van der Waals surface area contributed by atoms with E-state index in [-0.39, 0.29) is 5.91 Å². The Balaban J connectivity index is 2.51. The molecule has 1 rings (SSSR count). The van der Waals surface area contributed by atoms with E-state index in [1.165, 1.54) is 6.20 Å². The van der Waals surface area contributed by atoms with Crippen LogP contribution < -0.4 is 11.1 Å². The van der Waals surface area contributed by atoms with Gasteiger partial charge in [0.1, 0.15) is 0 Å². The van der Waals surface area contributed by atoms with Crippen LogP contribution in [-0.4, -0.2) is 43.0 Å². The summed E-state index contributed by atoms with van der Waals surface area (Å²) in [5.41, 5.74) is 6.50. The molecule has 0 atom stereocenters. The lowest BCUT2D eigenvalue weighted by Gasteiger charge is -2.10. The fourth-order valence-electron chi connectivity index (χ4n) is 1.10. The lowest BCUT2D eigenvalue weighted by atomic mass is 10.2. The zero-order chi connectivity index (χ0) is 11.3.